The molecule has 0 radical (unpaired) electrons. The normalized spacial score (nSPS) is 21.3. The molecule has 0 aromatic carbocycles. The highest BCUT2D eigenvalue weighted by Crippen LogP contribution is 2.27. The molecule has 2 aromatic rings. The summed E-state index contributed by atoms with van der Waals surface area (Å²) in [5.74, 6) is 0.172. The second-order valence-corrected chi connectivity index (χ2v) is 9.31. The van der Waals surface area contributed by atoms with E-state index < -0.39 is 9.84 Å². The van der Waals surface area contributed by atoms with Crippen molar-refractivity contribution in [3.8, 4) is 0 Å². The van der Waals surface area contributed by atoms with E-state index in [1.54, 1.807) is 4.90 Å². The first-order valence-electron chi connectivity index (χ1n) is 8.90. The molecule has 2 aromatic heterocycles. The summed E-state index contributed by atoms with van der Waals surface area (Å²) in [6.07, 6.45) is 1.43. The number of amides is 1. The first-order valence-corrected chi connectivity index (χ1v) is 10.7. The molecule has 2 fully saturated rings. The van der Waals surface area contributed by atoms with Crippen LogP contribution in [0.5, 0.6) is 0 Å². The SMILES string of the molecule is Cc1ccc2oc(N3CCC(C(=O)N4CCS(=O)(=O)CC4)CC3)nc2n1. The quantitative estimate of drug-likeness (QED) is 0.769. The molecule has 4 rings (SSSR count). The van der Waals surface area contributed by atoms with Gasteiger partial charge in [-0.15, -0.1) is 0 Å². The van der Waals surface area contributed by atoms with Gasteiger partial charge in [-0.2, -0.15) is 4.98 Å². The van der Waals surface area contributed by atoms with E-state index in [2.05, 4.69) is 9.97 Å². The van der Waals surface area contributed by atoms with Crippen LogP contribution in [0.1, 0.15) is 18.5 Å². The van der Waals surface area contributed by atoms with E-state index in [0.717, 1.165) is 5.69 Å². The molecule has 9 heteroatoms. The van der Waals surface area contributed by atoms with Gasteiger partial charge < -0.3 is 14.2 Å². The van der Waals surface area contributed by atoms with Crippen molar-refractivity contribution in [3.05, 3.63) is 17.8 Å². The largest absolute Gasteiger partial charge is 0.422 e. The van der Waals surface area contributed by atoms with E-state index >= 15 is 0 Å². The van der Waals surface area contributed by atoms with Crippen molar-refractivity contribution in [1.29, 1.82) is 0 Å². The molecule has 26 heavy (non-hydrogen) atoms. The fraction of sp³-hybridized carbons (Fsp3) is 0.588. The fourth-order valence-corrected chi connectivity index (χ4v) is 4.75. The van der Waals surface area contributed by atoms with Gasteiger partial charge in [0.25, 0.3) is 6.01 Å². The molecule has 2 aliphatic heterocycles. The van der Waals surface area contributed by atoms with Crippen LogP contribution in [0.4, 0.5) is 6.01 Å². The summed E-state index contributed by atoms with van der Waals surface area (Å²) in [7, 11) is -2.97. The summed E-state index contributed by atoms with van der Waals surface area (Å²) in [5.41, 5.74) is 2.16. The summed E-state index contributed by atoms with van der Waals surface area (Å²) in [6.45, 7) is 3.93. The summed E-state index contributed by atoms with van der Waals surface area (Å²) in [6, 6.07) is 4.31. The molecule has 0 bridgehead atoms. The molecular weight excluding hydrogens is 356 g/mol. The zero-order valence-corrected chi connectivity index (χ0v) is 15.5. The Morgan fingerprint density at radius 1 is 1.12 bits per heavy atom. The third-order valence-corrected chi connectivity index (χ3v) is 6.76. The molecule has 0 unspecified atom stereocenters. The van der Waals surface area contributed by atoms with Gasteiger partial charge in [-0.3, -0.25) is 4.79 Å². The van der Waals surface area contributed by atoms with Crippen LogP contribution >= 0.6 is 0 Å². The number of carbonyl (C=O) groups excluding carboxylic acids is 1. The molecule has 0 spiro atoms. The van der Waals surface area contributed by atoms with Crippen LogP contribution in [0, 0.1) is 12.8 Å². The number of oxazole rings is 1. The molecule has 4 heterocycles. The highest BCUT2D eigenvalue weighted by molar-refractivity contribution is 7.91. The zero-order chi connectivity index (χ0) is 18.3. The first kappa shape index (κ1) is 17.3. The monoisotopic (exact) mass is 378 g/mol. The maximum Gasteiger partial charge on any atom is 0.299 e. The van der Waals surface area contributed by atoms with Crippen LogP contribution in [0.25, 0.3) is 11.2 Å². The maximum atomic E-state index is 12.6. The number of anilines is 1. The van der Waals surface area contributed by atoms with Gasteiger partial charge >= 0.3 is 0 Å². The van der Waals surface area contributed by atoms with Gasteiger partial charge in [-0.25, -0.2) is 13.4 Å². The number of hydrogen-bond donors (Lipinski definition) is 0. The van der Waals surface area contributed by atoms with Crippen molar-refractivity contribution in [2.75, 3.05) is 42.6 Å². The van der Waals surface area contributed by atoms with E-state index in [0.29, 0.717) is 56.3 Å². The Kier molecular flexibility index (Phi) is 4.34. The summed E-state index contributed by atoms with van der Waals surface area (Å²) < 4.78 is 28.8. The Morgan fingerprint density at radius 2 is 1.81 bits per heavy atom. The predicted octanol–water partition coefficient (Wildman–Crippen LogP) is 1.00. The van der Waals surface area contributed by atoms with Crippen LogP contribution in [0.15, 0.2) is 16.5 Å². The lowest BCUT2D eigenvalue weighted by atomic mass is 9.95. The van der Waals surface area contributed by atoms with Gasteiger partial charge in [0.1, 0.15) is 0 Å². The summed E-state index contributed by atoms with van der Waals surface area (Å²) in [5, 5.41) is 0. The number of hydrogen-bond acceptors (Lipinski definition) is 7. The Hall–Kier alpha value is -2.16. The fourth-order valence-electron chi connectivity index (χ4n) is 3.55. The van der Waals surface area contributed by atoms with Crippen LogP contribution in [-0.2, 0) is 14.6 Å². The van der Waals surface area contributed by atoms with E-state index in [1.807, 2.05) is 24.0 Å². The summed E-state index contributed by atoms with van der Waals surface area (Å²) in [4.78, 5) is 25.2. The number of nitrogens with zero attached hydrogens (tertiary/aromatic N) is 4. The van der Waals surface area contributed by atoms with E-state index in [9.17, 15) is 13.2 Å². The van der Waals surface area contributed by atoms with E-state index in [1.165, 1.54) is 0 Å². The Bertz CT molecular complexity index is 917. The van der Waals surface area contributed by atoms with E-state index in [4.69, 9.17) is 4.42 Å². The van der Waals surface area contributed by atoms with Crippen molar-refractivity contribution in [3.63, 3.8) is 0 Å². The number of fused-ring (bicyclic) bond motifs is 1. The van der Waals surface area contributed by atoms with Gasteiger partial charge in [0, 0.05) is 37.8 Å². The third-order valence-electron chi connectivity index (χ3n) is 5.15. The molecule has 0 saturated carbocycles. The third kappa shape index (κ3) is 3.40. The number of pyridine rings is 1. The number of aromatic nitrogens is 2. The molecule has 8 nitrogen and oxygen atoms in total. The minimum absolute atomic E-state index is 0.0585. The second-order valence-electron chi connectivity index (χ2n) is 7.01. The van der Waals surface area contributed by atoms with E-state index in [-0.39, 0.29) is 23.3 Å². The Balaban J connectivity index is 1.38. The number of piperidine rings is 1. The molecule has 0 N–H and O–H groups in total. The van der Waals surface area contributed by atoms with Crippen molar-refractivity contribution < 1.29 is 17.6 Å². The maximum absolute atomic E-state index is 12.6. The van der Waals surface area contributed by atoms with Gasteiger partial charge in [0.15, 0.2) is 15.4 Å². The van der Waals surface area contributed by atoms with Crippen molar-refractivity contribution in [2.45, 2.75) is 19.8 Å². The number of carbonyl (C=O) groups is 1. The van der Waals surface area contributed by atoms with Crippen LogP contribution in [0.3, 0.4) is 0 Å². The topological polar surface area (TPSA) is 96.6 Å². The number of sulfone groups is 1. The highest BCUT2D eigenvalue weighted by atomic mass is 32.2. The molecule has 140 valence electrons. The number of aryl methyl sites for hydroxylation is 1. The van der Waals surface area contributed by atoms with Gasteiger partial charge in [-0.05, 0) is 31.9 Å². The minimum Gasteiger partial charge on any atom is -0.422 e. The summed E-state index contributed by atoms with van der Waals surface area (Å²) >= 11 is 0. The average molecular weight is 378 g/mol. The highest BCUT2D eigenvalue weighted by Gasteiger charge is 2.32. The van der Waals surface area contributed by atoms with Crippen LogP contribution in [0.2, 0.25) is 0 Å². The smallest absolute Gasteiger partial charge is 0.299 e. The first-order chi connectivity index (χ1) is 12.4. The van der Waals surface area contributed by atoms with Crippen LogP contribution < -0.4 is 4.90 Å². The minimum atomic E-state index is -2.97. The average Bonchev–Trinajstić information content (AvgIpc) is 3.04. The number of rotatable bonds is 2. The van der Waals surface area contributed by atoms with Gasteiger partial charge in [-0.1, -0.05) is 0 Å². The Morgan fingerprint density at radius 3 is 2.50 bits per heavy atom. The lowest BCUT2D eigenvalue weighted by Crippen LogP contribution is -2.48. The van der Waals surface area contributed by atoms with Gasteiger partial charge in [0.2, 0.25) is 11.6 Å². The predicted molar refractivity (Wildman–Crippen MR) is 96.7 cm³/mol. The standard InChI is InChI=1S/C17H22N4O4S/c1-12-2-3-14-15(18-12)19-17(25-14)21-6-4-13(5-7-21)16(22)20-8-10-26(23,24)11-9-20/h2-3,13H,4-11H2,1H3. The lowest BCUT2D eigenvalue weighted by Gasteiger charge is -2.34. The van der Waals surface area contributed by atoms with Crippen molar-refractivity contribution in [2.24, 2.45) is 5.92 Å². The molecule has 1 amide bonds. The van der Waals surface area contributed by atoms with Crippen LogP contribution in [-0.4, -0.2) is 66.9 Å². The molecule has 2 saturated heterocycles. The van der Waals surface area contributed by atoms with Crippen molar-refractivity contribution >= 4 is 33.0 Å². The zero-order valence-electron chi connectivity index (χ0n) is 14.7. The molecular formula is C17H22N4O4S. The van der Waals surface area contributed by atoms with Gasteiger partial charge in [0.05, 0.1) is 11.5 Å². The Labute approximate surface area is 152 Å². The molecule has 0 aliphatic carbocycles. The van der Waals surface area contributed by atoms with Crippen molar-refractivity contribution in [1.82, 2.24) is 14.9 Å². The molecule has 2 aliphatic rings. The lowest BCUT2D eigenvalue weighted by molar-refractivity contribution is -0.135. The molecule has 0 atom stereocenters. The second kappa shape index (κ2) is 6.53.